The van der Waals surface area contributed by atoms with Crippen molar-refractivity contribution < 1.29 is 21.6 Å². The summed E-state index contributed by atoms with van der Waals surface area (Å²) in [5.41, 5.74) is 6.20. The predicted molar refractivity (Wildman–Crippen MR) is 86.0 cm³/mol. The van der Waals surface area contributed by atoms with E-state index in [-0.39, 0.29) is 16.4 Å². The van der Waals surface area contributed by atoms with E-state index in [9.17, 15) is 16.8 Å². The molecule has 0 amide bonds. The highest BCUT2D eigenvalue weighted by Crippen LogP contribution is 2.26. The van der Waals surface area contributed by atoms with Crippen molar-refractivity contribution >= 4 is 42.8 Å². The van der Waals surface area contributed by atoms with Gasteiger partial charge < -0.3 is 10.5 Å². The Balaban J connectivity index is 2.99. The standard InChI is InChI=1S/C11H16N2O5S3/c1-18-10-7-8(11(12)19)3-4-9(10)13-21(16,17)6-5-20(2,14)15/h3-4,7,13H,5-6H2,1-2H3,(H2,12,19). The average molecular weight is 352 g/mol. The van der Waals surface area contributed by atoms with Crippen LogP contribution in [0.25, 0.3) is 0 Å². The lowest BCUT2D eigenvalue weighted by molar-refractivity contribution is 0.417. The number of methoxy groups -OCH3 is 1. The van der Waals surface area contributed by atoms with Crippen LogP contribution in [0, 0.1) is 0 Å². The number of sulfone groups is 1. The van der Waals surface area contributed by atoms with Crippen molar-refractivity contribution in [3.63, 3.8) is 0 Å². The highest BCUT2D eigenvalue weighted by Gasteiger charge is 2.17. The van der Waals surface area contributed by atoms with Crippen molar-refractivity contribution in [2.24, 2.45) is 5.73 Å². The van der Waals surface area contributed by atoms with Gasteiger partial charge in [0.15, 0.2) is 0 Å². The molecule has 0 aliphatic carbocycles. The molecule has 0 spiro atoms. The lowest BCUT2D eigenvalue weighted by atomic mass is 10.2. The van der Waals surface area contributed by atoms with Gasteiger partial charge in [0.1, 0.15) is 20.6 Å². The second kappa shape index (κ2) is 6.58. The summed E-state index contributed by atoms with van der Waals surface area (Å²) in [6.07, 6.45) is 0.972. The molecule has 1 aromatic rings. The van der Waals surface area contributed by atoms with Gasteiger partial charge in [-0.25, -0.2) is 16.8 Å². The normalized spacial score (nSPS) is 11.9. The highest BCUT2D eigenvalue weighted by atomic mass is 32.2. The smallest absolute Gasteiger partial charge is 0.233 e. The van der Waals surface area contributed by atoms with Gasteiger partial charge in [-0.1, -0.05) is 12.2 Å². The number of thiocarbonyl (C=S) groups is 1. The molecular weight excluding hydrogens is 336 g/mol. The van der Waals surface area contributed by atoms with Gasteiger partial charge >= 0.3 is 0 Å². The fourth-order valence-electron chi connectivity index (χ4n) is 1.41. The number of rotatable bonds is 7. The third-order valence-electron chi connectivity index (χ3n) is 2.47. The molecule has 0 radical (unpaired) electrons. The topological polar surface area (TPSA) is 116 Å². The first-order chi connectivity index (χ1) is 9.54. The summed E-state index contributed by atoms with van der Waals surface area (Å²) < 4.78 is 53.1. The molecule has 0 saturated carbocycles. The van der Waals surface area contributed by atoms with Gasteiger partial charge in [-0.3, -0.25) is 4.72 Å². The Morgan fingerprint density at radius 2 is 1.90 bits per heavy atom. The number of nitrogens with one attached hydrogen (secondary N) is 1. The average Bonchev–Trinajstić information content (AvgIpc) is 2.35. The van der Waals surface area contributed by atoms with E-state index in [4.69, 9.17) is 22.7 Å². The number of benzene rings is 1. The number of hydrogen-bond donors (Lipinski definition) is 2. The number of ether oxygens (including phenoxy) is 1. The van der Waals surface area contributed by atoms with Crippen LogP contribution in [0.2, 0.25) is 0 Å². The fourth-order valence-corrected chi connectivity index (χ4v) is 4.23. The van der Waals surface area contributed by atoms with Crippen LogP contribution in [-0.2, 0) is 19.9 Å². The number of anilines is 1. The second-order valence-electron chi connectivity index (χ2n) is 4.33. The van der Waals surface area contributed by atoms with Crippen LogP contribution >= 0.6 is 12.2 Å². The van der Waals surface area contributed by atoms with Crippen LogP contribution in [0.15, 0.2) is 18.2 Å². The van der Waals surface area contributed by atoms with Gasteiger partial charge in [0.2, 0.25) is 10.0 Å². The molecule has 7 nitrogen and oxygen atoms in total. The van der Waals surface area contributed by atoms with Gasteiger partial charge in [-0.05, 0) is 18.2 Å². The molecule has 1 aromatic carbocycles. The van der Waals surface area contributed by atoms with E-state index in [2.05, 4.69) is 4.72 Å². The third-order valence-corrected chi connectivity index (χ3v) is 5.19. The minimum atomic E-state index is -3.81. The summed E-state index contributed by atoms with van der Waals surface area (Å²) in [6, 6.07) is 4.49. The van der Waals surface area contributed by atoms with Crippen LogP contribution in [0.4, 0.5) is 5.69 Å². The summed E-state index contributed by atoms with van der Waals surface area (Å²) in [5.74, 6) is -0.759. The predicted octanol–water partition coefficient (Wildman–Crippen LogP) is 0.116. The zero-order chi connectivity index (χ0) is 16.3. The van der Waals surface area contributed by atoms with Crippen molar-refractivity contribution in [3.8, 4) is 5.75 Å². The largest absolute Gasteiger partial charge is 0.495 e. The summed E-state index contributed by atoms with van der Waals surface area (Å²) in [6.45, 7) is 0. The van der Waals surface area contributed by atoms with Crippen molar-refractivity contribution in [1.82, 2.24) is 0 Å². The first kappa shape index (κ1) is 17.7. The van der Waals surface area contributed by atoms with Crippen LogP contribution in [0.5, 0.6) is 5.75 Å². The molecule has 118 valence electrons. The molecule has 0 aliphatic heterocycles. The third kappa shape index (κ3) is 5.86. The Hall–Kier alpha value is -1.39. The van der Waals surface area contributed by atoms with E-state index in [1.54, 1.807) is 6.07 Å². The second-order valence-corrected chi connectivity index (χ2v) is 8.87. The van der Waals surface area contributed by atoms with Crippen LogP contribution in [-0.4, -0.2) is 46.7 Å². The number of sulfonamides is 1. The van der Waals surface area contributed by atoms with E-state index in [1.165, 1.54) is 19.2 Å². The van der Waals surface area contributed by atoms with Gasteiger partial charge in [-0.2, -0.15) is 0 Å². The Morgan fingerprint density at radius 3 is 2.38 bits per heavy atom. The summed E-state index contributed by atoms with van der Waals surface area (Å²) >= 11 is 4.82. The highest BCUT2D eigenvalue weighted by molar-refractivity contribution is 7.95. The monoisotopic (exact) mass is 352 g/mol. The lowest BCUT2D eigenvalue weighted by Gasteiger charge is -2.12. The molecule has 3 N–H and O–H groups in total. The van der Waals surface area contributed by atoms with E-state index in [1.807, 2.05) is 0 Å². The fraction of sp³-hybridized carbons (Fsp3) is 0.364. The van der Waals surface area contributed by atoms with Crippen molar-refractivity contribution in [1.29, 1.82) is 0 Å². The van der Waals surface area contributed by atoms with E-state index in [0.29, 0.717) is 5.56 Å². The van der Waals surface area contributed by atoms with Crippen LogP contribution < -0.4 is 15.2 Å². The quantitative estimate of drug-likeness (QED) is 0.669. The maximum absolute atomic E-state index is 11.9. The molecule has 0 aliphatic rings. The van der Waals surface area contributed by atoms with E-state index >= 15 is 0 Å². The Bertz CT molecular complexity index is 741. The molecule has 0 unspecified atom stereocenters. The van der Waals surface area contributed by atoms with Crippen LogP contribution in [0.1, 0.15) is 5.56 Å². The van der Waals surface area contributed by atoms with E-state index in [0.717, 1.165) is 6.26 Å². The van der Waals surface area contributed by atoms with Crippen molar-refractivity contribution in [3.05, 3.63) is 23.8 Å². The molecule has 1 rings (SSSR count). The zero-order valence-corrected chi connectivity index (χ0v) is 13.9. The first-order valence-corrected chi connectivity index (χ1v) is 9.82. The molecule has 0 atom stereocenters. The van der Waals surface area contributed by atoms with Gasteiger partial charge in [0, 0.05) is 11.8 Å². The molecule has 0 bridgehead atoms. The molecule has 21 heavy (non-hydrogen) atoms. The van der Waals surface area contributed by atoms with Gasteiger partial charge in [0.25, 0.3) is 0 Å². The SMILES string of the molecule is COc1cc(C(N)=S)ccc1NS(=O)(=O)CCS(C)(=O)=O. The minimum Gasteiger partial charge on any atom is -0.495 e. The number of nitrogens with two attached hydrogens (primary N) is 1. The Morgan fingerprint density at radius 1 is 1.29 bits per heavy atom. The Kier molecular flexibility index (Phi) is 5.54. The van der Waals surface area contributed by atoms with Gasteiger partial charge in [0.05, 0.1) is 24.3 Å². The van der Waals surface area contributed by atoms with E-state index < -0.39 is 31.4 Å². The molecule has 0 heterocycles. The molecule has 0 fully saturated rings. The number of hydrogen-bond acceptors (Lipinski definition) is 6. The zero-order valence-electron chi connectivity index (χ0n) is 11.5. The lowest BCUT2D eigenvalue weighted by Crippen LogP contribution is -2.22. The molecule has 0 aromatic heterocycles. The molecule has 0 saturated heterocycles. The summed E-state index contributed by atoms with van der Waals surface area (Å²) in [5, 5.41) is 0. The molecule has 10 heteroatoms. The minimum absolute atomic E-state index is 0.153. The van der Waals surface area contributed by atoms with Gasteiger partial charge in [-0.15, -0.1) is 0 Å². The molecular formula is C11H16N2O5S3. The maximum Gasteiger partial charge on any atom is 0.233 e. The summed E-state index contributed by atoms with van der Waals surface area (Å²) in [7, 11) is -5.81. The first-order valence-electron chi connectivity index (χ1n) is 5.70. The summed E-state index contributed by atoms with van der Waals surface area (Å²) in [4.78, 5) is 0.153. The van der Waals surface area contributed by atoms with Crippen LogP contribution in [0.3, 0.4) is 0 Å². The van der Waals surface area contributed by atoms with Crippen molar-refractivity contribution in [2.45, 2.75) is 0 Å². The Labute approximate surface area is 129 Å². The van der Waals surface area contributed by atoms with Crippen molar-refractivity contribution in [2.75, 3.05) is 29.6 Å². The maximum atomic E-state index is 11.9.